The van der Waals surface area contributed by atoms with E-state index < -0.39 is 6.36 Å². The fourth-order valence-corrected chi connectivity index (χ4v) is 2.86. The Morgan fingerprint density at radius 2 is 1.79 bits per heavy atom. The maximum absolute atomic E-state index is 12.2. The standard InChI is InChI=1S/C17H17F3N2O2/c18-17(19,20)24-14-8-6-12(7-9-14)11-22-16(23)10-13-4-2-1-3-5-15(13)21-22/h6-10H,1-5,11H2. The molecule has 2 aromatic rings. The van der Waals surface area contributed by atoms with Gasteiger partial charge in [0.1, 0.15) is 5.75 Å². The monoisotopic (exact) mass is 338 g/mol. The van der Waals surface area contributed by atoms with Crippen LogP contribution in [0.5, 0.6) is 5.75 Å². The SMILES string of the molecule is O=c1cc2c(nn1Cc1ccc(OC(F)(F)F)cc1)CCCCC2. The topological polar surface area (TPSA) is 44.1 Å². The average molecular weight is 338 g/mol. The summed E-state index contributed by atoms with van der Waals surface area (Å²) in [4.78, 5) is 12.2. The van der Waals surface area contributed by atoms with Crippen LogP contribution in [0.2, 0.25) is 0 Å². The molecule has 3 rings (SSSR count). The van der Waals surface area contributed by atoms with E-state index in [1.54, 1.807) is 6.07 Å². The van der Waals surface area contributed by atoms with Gasteiger partial charge in [0, 0.05) is 6.07 Å². The van der Waals surface area contributed by atoms with E-state index in [0.717, 1.165) is 43.4 Å². The fourth-order valence-electron chi connectivity index (χ4n) is 2.86. The summed E-state index contributed by atoms with van der Waals surface area (Å²) < 4.78 is 41.7. The lowest BCUT2D eigenvalue weighted by atomic mass is 10.1. The lowest BCUT2D eigenvalue weighted by Gasteiger charge is -2.11. The highest BCUT2D eigenvalue weighted by Gasteiger charge is 2.30. The number of hydrogen-bond acceptors (Lipinski definition) is 3. The van der Waals surface area contributed by atoms with Crippen molar-refractivity contribution in [3.63, 3.8) is 0 Å². The van der Waals surface area contributed by atoms with Gasteiger partial charge in [0.15, 0.2) is 0 Å². The number of aromatic nitrogens is 2. The molecule has 0 aliphatic heterocycles. The van der Waals surface area contributed by atoms with Crippen LogP contribution in [-0.2, 0) is 19.4 Å². The Balaban J connectivity index is 1.78. The molecule has 0 spiro atoms. The third kappa shape index (κ3) is 4.15. The van der Waals surface area contributed by atoms with Crippen molar-refractivity contribution in [2.75, 3.05) is 0 Å². The second-order valence-electron chi connectivity index (χ2n) is 5.86. The molecule has 0 saturated carbocycles. The maximum Gasteiger partial charge on any atom is 0.573 e. The van der Waals surface area contributed by atoms with Crippen molar-refractivity contribution in [1.82, 2.24) is 9.78 Å². The largest absolute Gasteiger partial charge is 0.573 e. The first kappa shape index (κ1) is 16.5. The molecule has 0 unspecified atom stereocenters. The number of rotatable bonds is 3. The van der Waals surface area contributed by atoms with Gasteiger partial charge >= 0.3 is 6.36 Å². The van der Waals surface area contributed by atoms with E-state index in [1.165, 1.54) is 28.9 Å². The van der Waals surface area contributed by atoms with Crippen LogP contribution in [0.4, 0.5) is 13.2 Å². The Labute approximate surface area is 136 Å². The lowest BCUT2D eigenvalue weighted by Crippen LogP contribution is -2.25. The highest BCUT2D eigenvalue weighted by molar-refractivity contribution is 5.28. The van der Waals surface area contributed by atoms with Gasteiger partial charge in [-0.1, -0.05) is 18.6 Å². The Morgan fingerprint density at radius 1 is 1.08 bits per heavy atom. The molecule has 1 aliphatic carbocycles. The second-order valence-corrected chi connectivity index (χ2v) is 5.86. The van der Waals surface area contributed by atoms with Crippen LogP contribution in [0.3, 0.4) is 0 Å². The van der Waals surface area contributed by atoms with Gasteiger partial charge in [0.2, 0.25) is 0 Å². The first-order chi connectivity index (χ1) is 11.4. The van der Waals surface area contributed by atoms with Gasteiger partial charge in [0.05, 0.1) is 12.2 Å². The van der Waals surface area contributed by atoms with Crippen LogP contribution in [0.15, 0.2) is 35.1 Å². The number of alkyl halides is 3. The van der Waals surface area contributed by atoms with E-state index in [0.29, 0.717) is 5.56 Å². The molecule has 0 amide bonds. The summed E-state index contributed by atoms with van der Waals surface area (Å²) in [5, 5.41) is 4.44. The quantitative estimate of drug-likeness (QED) is 0.805. The highest BCUT2D eigenvalue weighted by Crippen LogP contribution is 2.23. The zero-order valence-electron chi connectivity index (χ0n) is 13.0. The van der Waals surface area contributed by atoms with Crippen molar-refractivity contribution in [3.8, 4) is 5.75 Å². The summed E-state index contributed by atoms with van der Waals surface area (Å²) in [6, 6.07) is 7.10. The molecule has 0 atom stereocenters. The molecule has 0 bridgehead atoms. The van der Waals surface area contributed by atoms with Crippen LogP contribution in [-0.4, -0.2) is 16.1 Å². The summed E-state index contributed by atoms with van der Waals surface area (Å²) in [7, 11) is 0. The predicted octanol–water partition coefficient (Wildman–Crippen LogP) is 3.46. The summed E-state index contributed by atoms with van der Waals surface area (Å²) in [6.45, 7) is 0.221. The molecular weight excluding hydrogens is 321 g/mol. The first-order valence-electron chi connectivity index (χ1n) is 7.85. The molecule has 4 nitrogen and oxygen atoms in total. The summed E-state index contributed by atoms with van der Waals surface area (Å²) in [5.41, 5.74) is 2.46. The first-order valence-corrected chi connectivity index (χ1v) is 7.85. The van der Waals surface area contributed by atoms with Crippen molar-refractivity contribution >= 4 is 0 Å². The van der Waals surface area contributed by atoms with Gasteiger partial charge < -0.3 is 4.74 Å². The molecule has 0 radical (unpaired) electrons. The Bertz CT molecular complexity index is 767. The van der Waals surface area contributed by atoms with Gasteiger partial charge in [-0.25, -0.2) is 4.68 Å². The van der Waals surface area contributed by atoms with Crippen LogP contribution < -0.4 is 10.3 Å². The van der Waals surface area contributed by atoms with E-state index >= 15 is 0 Å². The number of fused-ring (bicyclic) bond motifs is 1. The van der Waals surface area contributed by atoms with E-state index in [2.05, 4.69) is 9.84 Å². The van der Waals surface area contributed by atoms with Crippen molar-refractivity contribution in [2.45, 2.75) is 45.0 Å². The molecule has 0 N–H and O–H groups in total. The summed E-state index contributed by atoms with van der Waals surface area (Å²) in [6.07, 6.45) is 0.276. The smallest absolute Gasteiger partial charge is 0.406 e. The molecule has 1 heterocycles. The molecule has 7 heteroatoms. The molecule has 128 valence electrons. The van der Waals surface area contributed by atoms with Crippen LogP contribution in [0.1, 0.15) is 36.1 Å². The maximum atomic E-state index is 12.2. The zero-order valence-corrected chi connectivity index (χ0v) is 13.0. The average Bonchev–Trinajstić information content (AvgIpc) is 2.73. The predicted molar refractivity (Wildman–Crippen MR) is 82.0 cm³/mol. The second kappa shape index (κ2) is 6.67. The minimum absolute atomic E-state index is 0.189. The van der Waals surface area contributed by atoms with Gasteiger partial charge in [-0.05, 0) is 48.9 Å². The molecule has 1 aromatic carbocycles. The third-order valence-corrected chi connectivity index (χ3v) is 4.01. The number of halogens is 3. The molecule has 1 aliphatic rings. The molecule has 24 heavy (non-hydrogen) atoms. The van der Waals surface area contributed by atoms with E-state index in [9.17, 15) is 18.0 Å². The molecular formula is C17H17F3N2O2. The number of benzene rings is 1. The minimum atomic E-state index is -4.71. The third-order valence-electron chi connectivity index (χ3n) is 4.01. The summed E-state index contributed by atoms with van der Waals surface area (Å²) in [5.74, 6) is -0.284. The number of nitrogens with zero attached hydrogens (tertiary/aromatic N) is 2. The highest BCUT2D eigenvalue weighted by atomic mass is 19.4. The number of hydrogen-bond donors (Lipinski definition) is 0. The van der Waals surface area contributed by atoms with Gasteiger partial charge in [-0.2, -0.15) is 5.10 Å². The Morgan fingerprint density at radius 3 is 2.50 bits per heavy atom. The number of aryl methyl sites for hydroxylation is 2. The Kier molecular flexibility index (Phi) is 4.59. The van der Waals surface area contributed by atoms with Crippen molar-refractivity contribution < 1.29 is 17.9 Å². The normalized spacial score (nSPS) is 14.8. The van der Waals surface area contributed by atoms with Crippen molar-refractivity contribution in [1.29, 1.82) is 0 Å². The van der Waals surface area contributed by atoms with E-state index in [1.807, 2.05) is 0 Å². The van der Waals surface area contributed by atoms with Crippen LogP contribution in [0, 0.1) is 0 Å². The lowest BCUT2D eigenvalue weighted by molar-refractivity contribution is -0.274. The van der Waals surface area contributed by atoms with Crippen LogP contribution in [0.25, 0.3) is 0 Å². The van der Waals surface area contributed by atoms with Gasteiger partial charge in [-0.3, -0.25) is 4.79 Å². The van der Waals surface area contributed by atoms with E-state index in [4.69, 9.17) is 0 Å². The van der Waals surface area contributed by atoms with Crippen molar-refractivity contribution in [2.24, 2.45) is 0 Å². The van der Waals surface area contributed by atoms with E-state index in [-0.39, 0.29) is 17.9 Å². The fraction of sp³-hybridized carbons (Fsp3) is 0.412. The van der Waals surface area contributed by atoms with Gasteiger partial charge in [-0.15, -0.1) is 13.2 Å². The van der Waals surface area contributed by atoms with Gasteiger partial charge in [0.25, 0.3) is 5.56 Å². The molecule has 0 saturated heterocycles. The Hall–Kier alpha value is -2.31. The van der Waals surface area contributed by atoms with Crippen LogP contribution >= 0.6 is 0 Å². The zero-order chi connectivity index (χ0) is 17.2. The number of ether oxygens (including phenoxy) is 1. The van der Waals surface area contributed by atoms with Crippen molar-refractivity contribution in [3.05, 3.63) is 57.5 Å². The summed E-state index contributed by atoms with van der Waals surface area (Å²) >= 11 is 0. The molecule has 0 fully saturated rings. The molecule has 1 aromatic heterocycles. The minimum Gasteiger partial charge on any atom is -0.406 e.